The molecule has 0 aromatic heterocycles. The zero-order chi connectivity index (χ0) is 7.14. The van der Waals surface area contributed by atoms with Crippen molar-refractivity contribution in [1.29, 1.82) is 0 Å². The zero-order valence-corrected chi connectivity index (χ0v) is 6.10. The third-order valence-corrected chi connectivity index (χ3v) is 2.17. The van der Waals surface area contributed by atoms with Crippen molar-refractivity contribution < 1.29 is 5.11 Å². The number of hydrogen-bond acceptors (Lipinski definition) is 1. The molecule has 10 heavy (non-hydrogen) atoms. The molecule has 1 fully saturated rings. The molecular weight excluding hydrogens is 148 g/mol. The average molecular weight is 155 g/mol. The van der Waals surface area contributed by atoms with Crippen LogP contribution in [0.3, 0.4) is 0 Å². The Morgan fingerprint density at radius 3 is 3.20 bits per heavy atom. The lowest BCUT2D eigenvalue weighted by atomic mass is 10.3. The van der Waals surface area contributed by atoms with Crippen molar-refractivity contribution in [3.63, 3.8) is 0 Å². The Bertz CT molecular complexity index is 260. The van der Waals surface area contributed by atoms with Crippen molar-refractivity contribution in [2.75, 3.05) is 0 Å². The van der Waals surface area contributed by atoms with Crippen LogP contribution in [0.1, 0.15) is 6.42 Å². The number of rotatable bonds is 0. The molecule has 2 heteroatoms. The summed E-state index contributed by atoms with van der Waals surface area (Å²) in [6, 6.07) is 0. The van der Waals surface area contributed by atoms with E-state index in [1.165, 1.54) is 5.57 Å². The van der Waals surface area contributed by atoms with E-state index in [9.17, 15) is 5.11 Å². The molecule has 0 amide bonds. The molecule has 0 bridgehead atoms. The Hall–Kier alpha value is -0.690. The highest BCUT2D eigenvalue weighted by Gasteiger charge is 2.34. The van der Waals surface area contributed by atoms with Gasteiger partial charge in [-0.25, -0.2) is 0 Å². The Morgan fingerprint density at radius 2 is 2.40 bits per heavy atom. The van der Waals surface area contributed by atoms with E-state index in [4.69, 9.17) is 11.6 Å². The van der Waals surface area contributed by atoms with Gasteiger partial charge in [0.25, 0.3) is 0 Å². The van der Waals surface area contributed by atoms with Crippen LogP contribution in [-0.4, -0.2) is 5.11 Å². The molecule has 2 aliphatic rings. The molecular formula is C8H7ClO. The van der Waals surface area contributed by atoms with Crippen molar-refractivity contribution in [2.45, 2.75) is 6.42 Å². The summed E-state index contributed by atoms with van der Waals surface area (Å²) in [5.74, 6) is 0.573. The van der Waals surface area contributed by atoms with E-state index in [1.54, 1.807) is 6.08 Å². The van der Waals surface area contributed by atoms with Gasteiger partial charge in [0, 0.05) is 5.92 Å². The first-order valence-corrected chi connectivity index (χ1v) is 3.62. The van der Waals surface area contributed by atoms with E-state index in [1.807, 2.05) is 12.2 Å². The molecule has 2 rings (SSSR count). The smallest absolute Gasteiger partial charge is 0.118 e. The highest BCUT2D eigenvalue weighted by atomic mass is 35.5. The topological polar surface area (TPSA) is 20.2 Å². The van der Waals surface area contributed by atoms with Gasteiger partial charge in [-0.2, -0.15) is 0 Å². The number of fused-ring (bicyclic) bond motifs is 1. The van der Waals surface area contributed by atoms with Gasteiger partial charge in [-0.1, -0.05) is 29.3 Å². The summed E-state index contributed by atoms with van der Waals surface area (Å²) in [6.07, 6.45) is 6.58. The van der Waals surface area contributed by atoms with Crippen LogP contribution in [-0.2, 0) is 0 Å². The molecule has 2 aliphatic carbocycles. The fraction of sp³-hybridized carbons (Fsp3) is 0.250. The normalized spacial score (nSPS) is 29.3. The second kappa shape index (κ2) is 1.89. The van der Waals surface area contributed by atoms with Crippen LogP contribution in [0, 0.1) is 5.92 Å². The molecule has 0 radical (unpaired) electrons. The molecule has 0 spiro atoms. The standard InChI is InChI=1S/C8H7ClO/c9-7-3-1-2-5-4-6(5)8(7)10/h1-3,6,10H,4H2. The van der Waals surface area contributed by atoms with E-state index < -0.39 is 0 Å². The molecule has 1 N–H and O–H groups in total. The Labute approximate surface area is 64.3 Å². The lowest BCUT2D eigenvalue weighted by Crippen LogP contribution is -1.84. The van der Waals surface area contributed by atoms with Crippen molar-refractivity contribution >= 4 is 11.6 Å². The van der Waals surface area contributed by atoms with E-state index >= 15 is 0 Å². The summed E-state index contributed by atoms with van der Waals surface area (Å²) in [4.78, 5) is 0. The average Bonchev–Trinajstić information content (AvgIpc) is 2.64. The van der Waals surface area contributed by atoms with E-state index in [2.05, 4.69) is 0 Å². The van der Waals surface area contributed by atoms with Crippen LogP contribution >= 0.6 is 11.6 Å². The predicted molar refractivity (Wildman–Crippen MR) is 40.8 cm³/mol. The molecule has 0 heterocycles. The lowest BCUT2D eigenvalue weighted by molar-refractivity contribution is 0.382. The van der Waals surface area contributed by atoms with E-state index in [0.717, 1.165) is 6.42 Å². The number of halogens is 1. The largest absolute Gasteiger partial charge is 0.510 e. The summed E-state index contributed by atoms with van der Waals surface area (Å²) in [5, 5.41) is 9.80. The van der Waals surface area contributed by atoms with Gasteiger partial charge < -0.3 is 5.11 Å². The highest BCUT2D eigenvalue weighted by molar-refractivity contribution is 6.31. The third-order valence-electron chi connectivity index (χ3n) is 1.85. The predicted octanol–water partition coefficient (Wildman–Crippen LogP) is 2.51. The van der Waals surface area contributed by atoms with Gasteiger partial charge in [-0.3, -0.25) is 0 Å². The molecule has 0 aliphatic heterocycles. The van der Waals surface area contributed by atoms with Crippen LogP contribution in [0.4, 0.5) is 0 Å². The van der Waals surface area contributed by atoms with E-state index in [0.29, 0.717) is 10.8 Å². The minimum absolute atomic E-state index is 0.238. The SMILES string of the molecule is OC1=C(Cl)C=CC=C2CC21. The van der Waals surface area contributed by atoms with Gasteiger partial charge in [-0.15, -0.1) is 0 Å². The molecule has 1 nitrogen and oxygen atoms in total. The molecule has 1 atom stereocenters. The monoisotopic (exact) mass is 154 g/mol. The molecule has 52 valence electrons. The van der Waals surface area contributed by atoms with Gasteiger partial charge in [0.2, 0.25) is 0 Å². The highest BCUT2D eigenvalue weighted by Crippen LogP contribution is 2.45. The van der Waals surface area contributed by atoms with Crippen LogP contribution in [0.2, 0.25) is 0 Å². The molecule has 0 aromatic carbocycles. The van der Waals surface area contributed by atoms with Crippen molar-refractivity contribution in [3.05, 3.63) is 34.6 Å². The first kappa shape index (κ1) is 6.05. The van der Waals surface area contributed by atoms with Crippen LogP contribution in [0.15, 0.2) is 34.6 Å². The molecule has 0 aromatic rings. The zero-order valence-electron chi connectivity index (χ0n) is 5.34. The van der Waals surface area contributed by atoms with Crippen LogP contribution in [0.25, 0.3) is 0 Å². The first-order valence-electron chi connectivity index (χ1n) is 3.25. The quantitative estimate of drug-likeness (QED) is 0.569. The maximum Gasteiger partial charge on any atom is 0.118 e. The fourth-order valence-corrected chi connectivity index (χ4v) is 1.35. The fourth-order valence-electron chi connectivity index (χ4n) is 1.14. The molecule has 1 saturated carbocycles. The third kappa shape index (κ3) is 0.781. The summed E-state index contributed by atoms with van der Waals surface area (Å²) in [5.41, 5.74) is 1.28. The second-order valence-electron chi connectivity index (χ2n) is 2.59. The summed E-state index contributed by atoms with van der Waals surface area (Å²) in [7, 11) is 0. The minimum atomic E-state index is 0.238. The van der Waals surface area contributed by atoms with Crippen molar-refractivity contribution in [1.82, 2.24) is 0 Å². The maximum absolute atomic E-state index is 9.32. The summed E-state index contributed by atoms with van der Waals surface area (Å²) >= 11 is 5.70. The van der Waals surface area contributed by atoms with Gasteiger partial charge in [0.15, 0.2) is 0 Å². The van der Waals surface area contributed by atoms with E-state index in [-0.39, 0.29) is 5.92 Å². The Morgan fingerprint density at radius 1 is 1.60 bits per heavy atom. The number of hydrogen-bond donors (Lipinski definition) is 1. The molecule has 0 saturated heterocycles. The van der Waals surface area contributed by atoms with Crippen LogP contribution < -0.4 is 0 Å². The number of aliphatic hydroxyl groups excluding tert-OH is 1. The second-order valence-corrected chi connectivity index (χ2v) is 3.00. The first-order chi connectivity index (χ1) is 4.79. The van der Waals surface area contributed by atoms with Crippen molar-refractivity contribution in [2.24, 2.45) is 5.92 Å². The summed E-state index contributed by atoms with van der Waals surface area (Å²) < 4.78 is 0. The lowest BCUT2D eigenvalue weighted by Gasteiger charge is -1.94. The summed E-state index contributed by atoms with van der Waals surface area (Å²) in [6.45, 7) is 0. The number of allylic oxidation sites excluding steroid dienone is 5. The van der Waals surface area contributed by atoms with Gasteiger partial charge in [0.1, 0.15) is 5.76 Å². The maximum atomic E-state index is 9.32. The van der Waals surface area contributed by atoms with Crippen LogP contribution in [0.5, 0.6) is 0 Å². The minimum Gasteiger partial charge on any atom is -0.510 e. The van der Waals surface area contributed by atoms with Gasteiger partial charge >= 0.3 is 0 Å². The molecule has 1 unspecified atom stereocenters. The number of aliphatic hydroxyl groups is 1. The van der Waals surface area contributed by atoms with Gasteiger partial charge in [-0.05, 0) is 12.5 Å². The Balaban J connectivity index is 2.43. The Kier molecular flexibility index (Phi) is 1.15. The van der Waals surface area contributed by atoms with Gasteiger partial charge in [0.05, 0.1) is 5.03 Å². The van der Waals surface area contributed by atoms with Crippen molar-refractivity contribution in [3.8, 4) is 0 Å².